The summed E-state index contributed by atoms with van der Waals surface area (Å²) in [7, 11) is 0. The topological polar surface area (TPSA) is 74.5 Å². The number of hydrazone groups is 1. The maximum Gasteiger partial charge on any atom is 0.272 e. The Morgan fingerprint density at radius 3 is 2.59 bits per heavy atom. The van der Waals surface area contributed by atoms with Crippen LogP contribution in [0.4, 0.5) is 0 Å². The third-order valence-electron chi connectivity index (χ3n) is 3.97. The second-order valence-corrected chi connectivity index (χ2v) is 6.79. The number of amides is 1. The molecule has 0 fully saturated rings. The van der Waals surface area contributed by atoms with Gasteiger partial charge in [-0.15, -0.1) is 0 Å². The minimum absolute atomic E-state index is 0.254. The van der Waals surface area contributed by atoms with E-state index in [1.807, 2.05) is 18.2 Å². The van der Waals surface area contributed by atoms with Crippen LogP contribution >= 0.6 is 23.2 Å². The van der Waals surface area contributed by atoms with E-state index in [9.17, 15) is 4.79 Å². The Bertz CT molecular complexity index is 1090. The fourth-order valence-electron chi connectivity index (χ4n) is 2.47. The van der Waals surface area contributed by atoms with Gasteiger partial charge in [-0.25, -0.2) is 5.43 Å². The normalized spacial score (nSPS) is 10.5. The quantitative estimate of drug-likeness (QED) is 0.436. The van der Waals surface area contributed by atoms with Crippen molar-refractivity contribution in [1.29, 1.82) is 5.26 Å². The molecule has 0 heterocycles. The van der Waals surface area contributed by atoms with E-state index in [0.29, 0.717) is 22.9 Å². The Morgan fingerprint density at radius 2 is 1.86 bits per heavy atom. The number of ether oxygens (including phenoxy) is 1. The third-order valence-corrected chi connectivity index (χ3v) is 4.52. The van der Waals surface area contributed by atoms with Crippen molar-refractivity contribution in [1.82, 2.24) is 5.43 Å². The predicted molar refractivity (Wildman–Crippen MR) is 113 cm³/mol. The first-order chi connectivity index (χ1) is 14.1. The molecule has 3 rings (SSSR count). The Kier molecular flexibility index (Phi) is 6.85. The summed E-state index contributed by atoms with van der Waals surface area (Å²) in [5.41, 5.74) is 4.90. The number of carbonyl (C=O) groups is 1. The molecular formula is C22H15Cl2N3O2. The fraction of sp³-hybridized carbons (Fsp3) is 0.0455. The van der Waals surface area contributed by atoms with Crippen LogP contribution in [-0.4, -0.2) is 12.1 Å². The maximum absolute atomic E-state index is 12.1. The number of nitrogens with zero attached hydrogens (tertiary/aromatic N) is 2. The summed E-state index contributed by atoms with van der Waals surface area (Å²) in [6.45, 7) is 0.301. The van der Waals surface area contributed by atoms with Crippen LogP contribution in [0.25, 0.3) is 0 Å². The van der Waals surface area contributed by atoms with Gasteiger partial charge in [0.15, 0.2) is 0 Å². The number of hydrogen-bond acceptors (Lipinski definition) is 4. The van der Waals surface area contributed by atoms with Crippen molar-refractivity contribution in [3.63, 3.8) is 0 Å². The first kappa shape index (κ1) is 20.4. The van der Waals surface area contributed by atoms with Gasteiger partial charge < -0.3 is 4.74 Å². The second kappa shape index (κ2) is 9.74. The van der Waals surface area contributed by atoms with E-state index in [1.165, 1.54) is 18.3 Å². The molecule has 7 heteroatoms. The molecule has 29 heavy (non-hydrogen) atoms. The van der Waals surface area contributed by atoms with Crippen LogP contribution in [0.1, 0.15) is 27.0 Å². The smallest absolute Gasteiger partial charge is 0.272 e. The van der Waals surface area contributed by atoms with Gasteiger partial charge in [-0.3, -0.25) is 4.79 Å². The molecule has 3 aromatic carbocycles. The van der Waals surface area contributed by atoms with Crippen molar-refractivity contribution < 1.29 is 9.53 Å². The Labute approximate surface area is 178 Å². The van der Waals surface area contributed by atoms with Crippen molar-refractivity contribution in [3.8, 4) is 11.8 Å². The molecule has 0 saturated heterocycles. The number of benzene rings is 3. The van der Waals surface area contributed by atoms with Gasteiger partial charge in [0.05, 0.1) is 28.4 Å². The molecule has 0 radical (unpaired) electrons. The summed E-state index contributed by atoms with van der Waals surface area (Å²) in [6.07, 6.45) is 1.51. The third kappa shape index (κ3) is 5.58. The largest absolute Gasteiger partial charge is 0.489 e. The summed E-state index contributed by atoms with van der Waals surface area (Å²) in [5, 5.41) is 13.8. The van der Waals surface area contributed by atoms with E-state index in [0.717, 1.165) is 11.1 Å². The van der Waals surface area contributed by atoms with Gasteiger partial charge in [0.1, 0.15) is 12.4 Å². The van der Waals surface area contributed by atoms with Crippen molar-refractivity contribution in [3.05, 3.63) is 99.0 Å². The van der Waals surface area contributed by atoms with Gasteiger partial charge in [0, 0.05) is 10.6 Å². The van der Waals surface area contributed by atoms with E-state index in [1.54, 1.807) is 36.4 Å². The molecule has 0 atom stereocenters. The number of halogens is 2. The van der Waals surface area contributed by atoms with Gasteiger partial charge in [-0.2, -0.15) is 10.4 Å². The Hall–Kier alpha value is -3.33. The molecule has 0 saturated carbocycles. The molecule has 0 aliphatic rings. The number of carbonyl (C=O) groups excluding carboxylic acids is 1. The average Bonchev–Trinajstić information content (AvgIpc) is 2.73. The first-order valence-corrected chi connectivity index (χ1v) is 9.32. The minimum Gasteiger partial charge on any atom is -0.489 e. The van der Waals surface area contributed by atoms with Crippen LogP contribution < -0.4 is 10.2 Å². The molecule has 0 aliphatic carbocycles. The van der Waals surface area contributed by atoms with Crippen molar-refractivity contribution in [2.45, 2.75) is 6.61 Å². The summed E-state index contributed by atoms with van der Waals surface area (Å²) in [5.74, 6) is 0.228. The number of nitrogens with one attached hydrogen (secondary N) is 1. The lowest BCUT2D eigenvalue weighted by molar-refractivity contribution is 0.0955. The molecule has 3 aromatic rings. The highest BCUT2D eigenvalue weighted by atomic mass is 35.5. The van der Waals surface area contributed by atoms with Crippen LogP contribution in [0, 0.1) is 11.3 Å². The van der Waals surface area contributed by atoms with Crippen molar-refractivity contribution in [2.75, 3.05) is 0 Å². The molecule has 0 spiro atoms. The molecule has 144 valence electrons. The molecule has 1 N–H and O–H groups in total. The minimum atomic E-state index is -0.431. The molecule has 0 aromatic heterocycles. The van der Waals surface area contributed by atoms with Gasteiger partial charge in [-0.1, -0.05) is 41.4 Å². The molecule has 0 unspecified atom stereocenters. The summed E-state index contributed by atoms with van der Waals surface area (Å²) >= 11 is 11.8. The lowest BCUT2D eigenvalue weighted by atomic mass is 10.1. The summed E-state index contributed by atoms with van der Waals surface area (Å²) in [4.78, 5) is 12.1. The molecule has 0 bridgehead atoms. The second-order valence-electron chi connectivity index (χ2n) is 5.95. The van der Waals surface area contributed by atoms with Crippen LogP contribution in [0.3, 0.4) is 0 Å². The fourth-order valence-corrected chi connectivity index (χ4v) is 2.96. The number of hydrogen-bond donors (Lipinski definition) is 1. The van der Waals surface area contributed by atoms with Crippen LogP contribution in [0.5, 0.6) is 5.75 Å². The zero-order chi connectivity index (χ0) is 20.6. The first-order valence-electron chi connectivity index (χ1n) is 8.56. The van der Waals surface area contributed by atoms with Gasteiger partial charge in [0.25, 0.3) is 5.91 Å². The lowest BCUT2D eigenvalue weighted by Crippen LogP contribution is -2.18. The Morgan fingerprint density at radius 1 is 1.10 bits per heavy atom. The van der Waals surface area contributed by atoms with E-state index in [2.05, 4.69) is 16.6 Å². The molecule has 1 amide bonds. The van der Waals surface area contributed by atoms with Crippen molar-refractivity contribution in [2.24, 2.45) is 5.10 Å². The number of nitriles is 1. The standard InChI is InChI=1S/C22H15Cl2N3O2/c23-18-7-10-20(21(24)11-18)22(28)27-26-13-15-5-8-19(9-6-15)29-14-17-4-2-1-3-16(17)12-25/h1-11,13H,14H2,(H,27,28)/b26-13-. The molecule has 0 aliphatic heterocycles. The van der Waals surface area contributed by atoms with Gasteiger partial charge in [0.2, 0.25) is 0 Å². The van der Waals surface area contributed by atoms with Crippen LogP contribution in [0.2, 0.25) is 10.0 Å². The van der Waals surface area contributed by atoms with E-state index < -0.39 is 5.91 Å². The monoisotopic (exact) mass is 423 g/mol. The zero-order valence-electron chi connectivity index (χ0n) is 15.1. The zero-order valence-corrected chi connectivity index (χ0v) is 16.6. The summed E-state index contributed by atoms with van der Waals surface area (Å²) < 4.78 is 5.72. The maximum atomic E-state index is 12.1. The Balaban J connectivity index is 1.56. The summed E-state index contributed by atoms with van der Waals surface area (Å²) in [6, 6.07) is 21.2. The predicted octanol–water partition coefficient (Wildman–Crippen LogP) is 5.21. The lowest BCUT2D eigenvalue weighted by Gasteiger charge is -2.07. The highest BCUT2D eigenvalue weighted by Gasteiger charge is 2.09. The van der Waals surface area contributed by atoms with E-state index in [4.69, 9.17) is 33.2 Å². The average molecular weight is 424 g/mol. The molecular weight excluding hydrogens is 409 g/mol. The highest BCUT2D eigenvalue weighted by Crippen LogP contribution is 2.21. The van der Waals surface area contributed by atoms with Gasteiger partial charge in [-0.05, 0) is 54.1 Å². The SMILES string of the molecule is N#Cc1ccccc1COc1ccc(/C=N\NC(=O)c2ccc(Cl)cc2Cl)cc1. The van der Waals surface area contributed by atoms with Crippen LogP contribution in [0.15, 0.2) is 71.8 Å². The van der Waals surface area contributed by atoms with Gasteiger partial charge >= 0.3 is 0 Å². The van der Waals surface area contributed by atoms with Crippen LogP contribution in [-0.2, 0) is 6.61 Å². The van der Waals surface area contributed by atoms with E-state index >= 15 is 0 Å². The number of rotatable bonds is 6. The van der Waals surface area contributed by atoms with Crippen molar-refractivity contribution >= 4 is 35.3 Å². The molecule has 5 nitrogen and oxygen atoms in total. The van der Waals surface area contributed by atoms with E-state index in [-0.39, 0.29) is 10.6 Å². The highest BCUT2D eigenvalue weighted by molar-refractivity contribution is 6.36.